The molecule has 2 unspecified atom stereocenters. The van der Waals surface area contributed by atoms with E-state index in [2.05, 4.69) is 6.58 Å². The van der Waals surface area contributed by atoms with E-state index in [-0.39, 0.29) is 37.9 Å². The van der Waals surface area contributed by atoms with E-state index in [4.69, 9.17) is 9.47 Å². The number of aliphatic carboxylic acids is 1. The number of carbonyl (C=O) groups is 3. The van der Waals surface area contributed by atoms with Gasteiger partial charge in [0.2, 0.25) is 5.91 Å². The summed E-state index contributed by atoms with van der Waals surface area (Å²) in [6.07, 6.45) is 3.23. The van der Waals surface area contributed by atoms with Gasteiger partial charge < -0.3 is 29.5 Å². The number of carbonyl (C=O) groups excluding carboxylic acids is 2. The van der Waals surface area contributed by atoms with Crippen LogP contribution < -0.4 is 9.64 Å². The van der Waals surface area contributed by atoms with E-state index in [1.165, 1.54) is 9.80 Å². The van der Waals surface area contributed by atoms with Crippen molar-refractivity contribution in [3.8, 4) is 5.75 Å². The van der Waals surface area contributed by atoms with E-state index in [9.17, 15) is 24.6 Å². The van der Waals surface area contributed by atoms with E-state index in [1.807, 2.05) is 6.92 Å². The topological polar surface area (TPSA) is 117 Å². The molecule has 3 saturated heterocycles. The van der Waals surface area contributed by atoms with Gasteiger partial charge >= 0.3 is 5.97 Å². The van der Waals surface area contributed by atoms with Crippen LogP contribution in [0.2, 0.25) is 0 Å². The minimum absolute atomic E-state index is 0.142. The highest BCUT2D eigenvalue weighted by atomic mass is 16.5. The van der Waals surface area contributed by atoms with Crippen molar-refractivity contribution in [3.63, 3.8) is 0 Å². The number of amides is 2. The number of ether oxygens (including phenoxy) is 2. The molecule has 5 atom stereocenters. The van der Waals surface area contributed by atoms with Gasteiger partial charge in [0, 0.05) is 25.4 Å². The van der Waals surface area contributed by atoms with Crippen LogP contribution in [-0.2, 0) is 19.1 Å². The summed E-state index contributed by atoms with van der Waals surface area (Å²) in [6.45, 7) is 5.84. The first-order valence-electron chi connectivity index (χ1n) is 11.7. The zero-order valence-electron chi connectivity index (χ0n) is 19.6. The molecule has 2 bridgehead atoms. The standard InChI is InChI=1S/C25H32N2O7/c1-4-13-26(16-7-9-17(33-3)10-8-16)22(30)20-25-12-11-24(5-2,34-25)19(23(31)32)18(25)21(29)27(20)14-6-15-28/h4,7-10,18-20,28H,1,5-6,11-15H2,2-3H3,(H,31,32)/t18-,19-,20?,24+,25?/m0/s1. The van der Waals surface area contributed by atoms with Gasteiger partial charge in [0.05, 0.1) is 18.6 Å². The number of anilines is 1. The monoisotopic (exact) mass is 472 g/mol. The molecular weight excluding hydrogens is 440 g/mol. The third-order valence-corrected chi connectivity index (χ3v) is 7.70. The molecule has 3 heterocycles. The fourth-order valence-corrected chi connectivity index (χ4v) is 6.22. The van der Waals surface area contributed by atoms with Crippen molar-refractivity contribution >= 4 is 23.5 Å². The predicted molar refractivity (Wildman–Crippen MR) is 123 cm³/mol. The molecule has 9 heteroatoms. The normalized spacial score (nSPS) is 31.4. The number of hydrogen-bond donors (Lipinski definition) is 2. The lowest BCUT2D eigenvalue weighted by Crippen LogP contribution is -2.56. The molecule has 3 aliphatic heterocycles. The lowest BCUT2D eigenvalue weighted by atomic mass is 9.65. The number of hydrogen-bond acceptors (Lipinski definition) is 6. The summed E-state index contributed by atoms with van der Waals surface area (Å²) in [5, 5.41) is 19.5. The second kappa shape index (κ2) is 9.03. The number of aliphatic hydroxyl groups excluding tert-OH is 1. The van der Waals surface area contributed by atoms with Gasteiger partial charge in [-0.25, -0.2) is 0 Å². The number of nitrogens with zero attached hydrogens (tertiary/aromatic N) is 2. The van der Waals surface area contributed by atoms with Crippen LogP contribution in [-0.4, -0.2) is 76.9 Å². The third kappa shape index (κ3) is 3.41. The molecule has 184 valence electrons. The number of carboxylic acids is 1. The molecule has 34 heavy (non-hydrogen) atoms. The van der Waals surface area contributed by atoms with Crippen LogP contribution in [0.15, 0.2) is 36.9 Å². The van der Waals surface area contributed by atoms with Gasteiger partial charge in [-0.3, -0.25) is 14.4 Å². The first kappa shape index (κ1) is 24.2. The van der Waals surface area contributed by atoms with Gasteiger partial charge in [0.25, 0.3) is 5.91 Å². The van der Waals surface area contributed by atoms with Crippen LogP contribution >= 0.6 is 0 Å². The Labute approximate surface area is 198 Å². The van der Waals surface area contributed by atoms with Crippen molar-refractivity contribution in [1.29, 1.82) is 0 Å². The molecule has 1 aromatic carbocycles. The van der Waals surface area contributed by atoms with E-state index in [1.54, 1.807) is 37.5 Å². The molecule has 1 spiro atoms. The second-order valence-electron chi connectivity index (χ2n) is 9.22. The zero-order chi connectivity index (χ0) is 24.7. The molecule has 4 rings (SSSR count). The molecular formula is C25H32N2O7. The maximum atomic E-state index is 14.2. The van der Waals surface area contributed by atoms with Crippen LogP contribution in [0.4, 0.5) is 5.69 Å². The Bertz CT molecular complexity index is 980. The zero-order valence-corrected chi connectivity index (χ0v) is 19.6. The highest BCUT2D eigenvalue weighted by Gasteiger charge is 2.79. The molecule has 9 nitrogen and oxygen atoms in total. The van der Waals surface area contributed by atoms with Crippen molar-refractivity contribution < 1.29 is 34.1 Å². The Balaban J connectivity index is 1.79. The van der Waals surface area contributed by atoms with Crippen LogP contribution in [0.5, 0.6) is 5.75 Å². The number of rotatable bonds is 10. The smallest absolute Gasteiger partial charge is 0.310 e. The first-order chi connectivity index (χ1) is 16.3. The Morgan fingerprint density at radius 3 is 2.59 bits per heavy atom. The average molecular weight is 473 g/mol. The largest absolute Gasteiger partial charge is 0.497 e. The van der Waals surface area contributed by atoms with Crippen LogP contribution in [0.1, 0.15) is 32.6 Å². The maximum Gasteiger partial charge on any atom is 0.310 e. The summed E-state index contributed by atoms with van der Waals surface area (Å²) in [7, 11) is 1.56. The fraction of sp³-hybridized carbons (Fsp3) is 0.560. The minimum Gasteiger partial charge on any atom is -0.497 e. The summed E-state index contributed by atoms with van der Waals surface area (Å²) in [6, 6.07) is 6.01. The molecule has 1 aromatic rings. The summed E-state index contributed by atoms with van der Waals surface area (Å²) >= 11 is 0. The number of carboxylic acid groups (broad SMARTS) is 1. The van der Waals surface area contributed by atoms with Gasteiger partial charge in [0.1, 0.15) is 23.3 Å². The highest BCUT2D eigenvalue weighted by Crippen LogP contribution is 2.64. The summed E-state index contributed by atoms with van der Waals surface area (Å²) in [4.78, 5) is 43.1. The number of methoxy groups -OCH3 is 1. The van der Waals surface area contributed by atoms with E-state index >= 15 is 0 Å². The van der Waals surface area contributed by atoms with Crippen molar-refractivity contribution in [2.24, 2.45) is 11.8 Å². The van der Waals surface area contributed by atoms with Crippen molar-refractivity contribution in [1.82, 2.24) is 4.90 Å². The van der Waals surface area contributed by atoms with Crippen molar-refractivity contribution in [2.45, 2.75) is 49.9 Å². The molecule has 3 fully saturated rings. The molecule has 2 amide bonds. The van der Waals surface area contributed by atoms with Crippen molar-refractivity contribution in [2.75, 3.05) is 31.7 Å². The summed E-state index contributed by atoms with van der Waals surface area (Å²) < 4.78 is 11.7. The molecule has 2 N–H and O–H groups in total. The van der Waals surface area contributed by atoms with Gasteiger partial charge in [-0.1, -0.05) is 13.0 Å². The minimum atomic E-state index is -1.21. The van der Waals surface area contributed by atoms with Crippen molar-refractivity contribution in [3.05, 3.63) is 36.9 Å². The van der Waals surface area contributed by atoms with Crippen LogP contribution in [0, 0.1) is 11.8 Å². The van der Waals surface area contributed by atoms with Crippen LogP contribution in [0.3, 0.4) is 0 Å². The third-order valence-electron chi connectivity index (χ3n) is 7.70. The number of likely N-dealkylation sites (tertiary alicyclic amines) is 1. The number of aliphatic hydroxyl groups is 1. The summed E-state index contributed by atoms with van der Waals surface area (Å²) in [5.74, 6) is -3.12. The first-order valence-corrected chi connectivity index (χ1v) is 11.7. The van der Waals surface area contributed by atoms with Gasteiger partial charge in [-0.05, 0) is 49.9 Å². The Hall–Kier alpha value is -2.91. The van der Waals surface area contributed by atoms with E-state index < -0.39 is 35.0 Å². The van der Waals surface area contributed by atoms with Gasteiger partial charge in [-0.15, -0.1) is 6.58 Å². The second-order valence-corrected chi connectivity index (χ2v) is 9.22. The van der Waals surface area contributed by atoms with Gasteiger partial charge in [0.15, 0.2) is 0 Å². The van der Waals surface area contributed by atoms with Gasteiger partial charge in [-0.2, -0.15) is 0 Å². The Morgan fingerprint density at radius 1 is 1.32 bits per heavy atom. The Kier molecular flexibility index (Phi) is 6.44. The number of fused-ring (bicyclic) bond motifs is 1. The molecule has 0 radical (unpaired) electrons. The fourth-order valence-electron chi connectivity index (χ4n) is 6.22. The SMILES string of the molecule is C=CCN(C(=O)C1N(CCCO)C(=O)[C@@H]2[C@@H](C(=O)O)[C@@]3(CC)CCC12O3)c1ccc(OC)cc1. The van der Waals surface area contributed by atoms with Crippen LogP contribution in [0.25, 0.3) is 0 Å². The summed E-state index contributed by atoms with van der Waals surface area (Å²) in [5.41, 5.74) is -1.57. The lowest BCUT2D eigenvalue weighted by Gasteiger charge is -2.37. The molecule has 0 aromatic heterocycles. The number of benzene rings is 1. The van der Waals surface area contributed by atoms with E-state index in [0.29, 0.717) is 30.7 Å². The Morgan fingerprint density at radius 2 is 2.03 bits per heavy atom. The molecule has 0 saturated carbocycles. The maximum absolute atomic E-state index is 14.2. The average Bonchev–Trinajstić information content (AvgIpc) is 3.44. The quantitative estimate of drug-likeness (QED) is 0.499. The lowest BCUT2D eigenvalue weighted by molar-refractivity contribution is -0.155. The van der Waals surface area contributed by atoms with E-state index in [0.717, 1.165) is 0 Å². The highest BCUT2D eigenvalue weighted by molar-refractivity contribution is 6.04. The molecule has 3 aliphatic rings. The molecule has 0 aliphatic carbocycles. The predicted octanol–water partition coefficient (Wildman–Crippen LogP) is 1.84.